The van der Waals surface area contributed by atoms with Crippen molar-refractivity contribution in [3.8, 4) is 0 Å². The largest absolute Gasteiger partial charge is 0.331 e. The van der Waals surface area contributed by atoms with Crippen LogP contribution in [0.1, 0.15) is 5.56 Å². The van der Waals surface area contributed by atoms with E-state index < -0.39 is 4.92 Å². The Morgan fingerprint density at radius 1 is 1.05 bits per heavy atom. The topological polar surface area (TPSA) is 79.2 Å². The monoisotopic (exact) mass is 302 g/mol. The summed E-state index contributed by atoms with van der Waals surface area (Å²) in [4.78, 5) is 10.1. The highest BCUT2D eigenvalue weighted by Gasteiger charge is 2.03. The zero-order valence-corrected chi connectivity index (χ0v) is 12.1. The lowest BCUT2D eigenvalue weighted by Gasteiger charge is -2.12. The number of aryl methyl sites for hydroxylation is 1. The van der Waals surface area contributed by atoms with Crippen molar-refractivity contribution in [1.82, 2.24) is 5.43 Å². The molecule has 2 aromatic carbocycles. The molecule has 0 amide bonds. The number of benzene rings is 2. The zero-order chi connectivity index (χ0) is 15.2. The number of non-ortho nitro benzene ring substituents is 1. The van der Waals surface area contributed by atoms with Gasteiger partial charge in [-0.2, -0.15) is 0 Å². The van der Waals surface area contributed by atoms with Gasteiger partial charge in [-0.05, 0) is 43.4 Å². The molecule has 2 aromatic rings. The fourth-order valence-electron chi connectivity index (χ4n) is 1.59. The molecule has 0 radical (unpaired) electrons. The number of hydrogen-bond donors (Lipinski definition) is 3. The molecular weight excluding hydrogens is 288 g/mol. The number of hydrazine groups is 1. The van der Waals surface area contributed by atoms with Crippen LogP contribution in [0.5, 0.6) is 0 Å². The van der Waals surface area contributed by atoms with E-state index in [4.69, 9.17) is 12.2 Å². The lowest BCUT2D eigenvalue weighted by molar-refractivity contribution is -0.384. The Morgan fingerprint density at radius 3 is 2.19 bits per heavy atom. The molecule has 3 N–H and O–H groups in total. The molecule has 0 heterocycles. The summed E-state index contributed by atoms with van der Waals surface area (Å²) in [5.74, 6) is 0. The van der Waals surface area contributed by atoms with E-state index in [0.717, 1.165) is 5.69 Å². The Labute approximate surface area is 127 Å². The van der Waals surface area contributed by atoms with E-state index in [2.05, 4.69) is 16.2 Å². The van der Waals surface area contributed by atoms with E-state index in [0.29, 0.717) is 10.8 Å². The van der Waals surface area contributed by atoms with Crippen molar-refractivity contribution in [3.63, 3.8) is 0 Å². The SMILES string of the molecule is Cc1ccc(NC(=S)NNc2ccc([N+](=O)[O-])cc2)cc1. The summed E-state index contributed by atoms with van der Waals surface area (Å²) in [5.41, 5.74) is 8.44. The number of anilines is 2. The van der Waals surface area contributed by atoms with Crippen molar-refractivity contribution in [2.45, 2.75) is 6.92 Å². The van der Waals surface area contributed by atoms with Crippen molar-refractivity contribution in [2.75, 3.05) is 10.7 Å². The first kappa shape index (κ1) is 14.7. The van der Waals surface area contributed by atoms with Crippen LogP contribution in [0.4, 0.5) is 17.1 Å². The highest BCUT2D eigenvalue weighted by molar-refractivity contribution is 7.80. The predicted molar refractivity (Wildman–Crippen MR) is 87.3 cm³/mol. The second-order valence-electron chi connectivity index (χ2n) is 4.37. The maximum Gasteiger partial charge on any atom is 0.269 e. The van der Waals surface area contributed by atoms with Crippen LogP contribution in [0.25, 0.3) is 0 Å². The fraction of sp³-hybridized carbons (Fsp3) is 0.0714. The summed E-state index contributed by atoms with van der Waals surface area (Å²) in [7, 11) is 0. The van der Waals surface area contributed by atoms with Gasteiger partial charge in [-0.3, -0.25) is 21.0 Å². The number of rotatable bonds is 4. The summed E-state index contributed by atoms with van der Waals surface area (Å²) in [6, 6.07) is 13.8. The number of hydrogen-bond acceptors (Lipinski definition) is 4. The Balaban J connectivity index is 1.86. The number of nitrogens with one attached hydrogen (secondary N) is 3. The van der Waals surface area contributed by atoms with Crippen LogP contribution >= 0.6 is 12.2 Å². The zero-order valence-electron chi connectivity index (χ0n) is 11.3. The molecule has 6 nitrogen and oxygen atoms in total. The summed E-state index contributed by atoms with van der Waals surface area (Å²) in [6.45, 7) is 2.01. The van der Waals surface area contributed by atoms with Crippen LogP contribution < -0.4 is 16.2 Å². The van der Waals surface area contributed by atoms with E-state index in [1.165, 1.54) is 17.7 Å². The van der Waals surface area contributed by atoms with Crippen LogP contribution in [0, 0.1) is 17.0 Å². The summed E-state index contributed by atoms with van der Waals surface area (Å²) < 4.78 is 0. The number of nitro benzene ring substituents is 1. The summed E-state index contributed by atoms with van der Waals surface area (Å²) in [5, 5.41) is 14.0. The Kier molecular flexibility index (Phi) is 4.68. The van der Waals surface area contributed by atoms with Gasteiger partial charge in [-0.25, -0.2) is 0 Å². The standard InChI is InChI=1S/C14H14N4O2S/c1-10-2-4-11(5-3-10)15-14(21)17-16-12-6-8-13(9-7-12)18(19)20/h2-9,16H,1H3,(H2,15,17,21). The molecule has 0 aromatic heterocycles. The predicted octanol–water partition coefficient (Wildman–Crippen LogP) is 3.22. The molecule has 21 heavy (non-hydrogen) atoms. The van der Waals surface area contributed by atoms with E-state index in [9.17, 15) is 10.1 Å². The molecule has 7 heteroatoms. The van der Waals surface area contributed by atoms with Crippen molar-refractivity contribution >= 4 is 34.4 Å². The van der Waals surface area contributed by atoms with E-state index in [1.54, 1.807) is 12.1 Å². The third kappa shape index (κ3) is 4.43. The summed E-state index contributed by atoms with van der Waals surface area (Å²) >= 11 is 5.14. The molecular formula is C14H14N4O2S. The van der Waals surface area contributed by atoms with Crippen molar-refractivity contribution in [1.29, 1.82) is 0 Å². The van der Waals surface area contributed by atoms with Gasteiger partial charge in [0.2, 0.25) is 0 Å². The van der Waals surface area contributed by atoms with Gasteiger partial charge in [0, 0.05) is 17.8 Å². The van der Waals surface area contributed by atoms with Gasteiger partial charge in [-0.15, -0.1) is 0 Å². The smallest absolute Gasteiger partial charge is 0.269 e. The molecule has 0 saturated heterocycles. The molecule has 0 saturated carbocycles. The molecule has 0 aliphatic heterocycles. The first-order valence-electron chi connectivity index (χ1n) is 6.19. The molecule has 0 fully saturated rings. The first-order valence-corrected chi connectivity index (χ1v) is 6.59. The lowest BCUT2D eigenvalue weighted by Crippen LogP contribution is -2.33. The Hall–Kier alpha value is -2.67. The number of nitrogens with zero attached hydrogens (tertiary/aromatic N) is 1. The molecule has 0 aliphatic carbocycles. The van der Waals surface area contributed by atoms with Crippen LogP contribution in [0.3, 0.4) is 0 Å². The minimum atomic E-state index is -0.444. The Bertz CT molecular complexity index is 641. The quantitative estimate of drug-likeness (QED) is 0.457. The van der Waals surface area contributed by atoms with Gasteiger partial charge >= 0.3 is 0 Å². The van der Waals surface area contributed by atoms with E-state index in [-0.39, 0.29) is 5.69 Å². The molecule has 0 aliphatic rings. The molecule has 0 atom stereocenters. The third-order valence-corrected chi connectivity index (χ3v) is 2.91. The maximum atomic E-state index is 10.5. The van der Waals surface area contributed by atoms with Crippen LogP contribution in [0.2, 0.25) is 0 Å². The average molecular weight is 302 g/mol. The Morgan fingerprint density at radius 2 is 1.62 bits per heavy atom. The average Bonchev–Trinajstić information content (AvgIpc) is 2.48. The maximum absolute atomic E-state index is 10.5. The number of thiocarbonyl (C=S) groups is 1. The van der Waals surface area contributed by atoms with Gasteiger partial charge in [0.25, 0.3) is 5.69 Å². The van der Waals surface area contributed by atoms with Crippen molar-refractivity contribution < 1.29 is 4.92 Å². The highest BCUT2D eigenvalue weighted by atomic mass is 32.1. The van der Waals surface area contributed by atoms with E-state index >= 15 is 0 Å². The second kappa shape index (κ2) is 6.67. The van der Waals surface area contributed by atoms with Crippen molar-refractivity contribution in [2.24, 2.45) is 0 Å². The van der Waals surface area contributed by atoms with Crippen LogP contribution in [0.15, 0.2) is 48.5 Å². The molecule has 0 bridgehead atoms. The number of nitro groups is 1. The minimum Gasteiger partial charge on any atom is -0.331 e. The van der Waals surface area contributed by atoms with Crippen LogP contribution in [-0.4, -0.2) is 10.0 Å². The van der Waals surface area contributed by atoms with Crippen molar-refractivity contribution in [3.05, 3.63) is 64.2 Å². The summed E-state index contributed by atoms with van der Waals surface area (Å²) in [6.07, 6.45) is 0. The molecule has 108 valence electrons. The third-order valence-electron chi connectivity index (χ3n) is 2.71. The van der Waals surface area contributed by atoms with Gasteiger partial charge in [-0.1, -0.05) is 17.7 Å². The first-order chi connectivity index (χ1) is 10.0. The minimum absolute atomic E-state index is 0.0425. The van der Waals surface area contributed by atoms with Crippen LogP contribution in [-0.2, 0) is 0 Å². The second-order valence-corrected chi connectivity index (χ2v) is 4.78. The lowest BCUT2D eigenvalue weighted by atomic mass is 10.2. The van der Waals surface area contributed by atoms with Gasteiger partial charge in [0.05, 0.1) is 10.6 Å². The fourth-order valence-corrected chi connectivity index (χ4v) is 1.76. The molecule has 0 spiro atoms. The highest BCUT2D eigenvalue weighted by Crippen LogP contribution is 2.14. The van der Waals surface area contributed by atoms with Gasteiger partial charge < -0.3 is 5.32 Å². The normalized spacial score (nSPS) is 9.76. The molecule has 2 rings (SSSR count). The van der Waals surface area contributed by atoms with Gasteiger partial charge in [0.15, 0.2) is 5.11 Å². The molecule has 0 unspecified atom stereocenters. The van der Waals surface area contributed by atoms with E-state index in [1.807, 2.05) is 31.2 Å². The van der Waals surface area contributed by atoms with Gasteiger partial charge in [0.1, 0.15) is 0 Å².